The highest BCUT2D eigenvalue weighted by Gasteiger charge is 2.18. The highest BCUT2D eigenvalue weighted by molar-refractivity contribution is 4.67. The largest absolute Gasteiger partial charge is 0.394 e. The highest BCUT2D eigenvalue weighted by atomic mass is 16.5. The number of methoxy groups -OCH3 is 1. The Kier molecular flexibility index (Phi) is 5.35. The lowest BCUT2D eigenvalue weighted by atomic mass is 9.98. The molecule has 3 nitrogen and oxygen atoms in total. The monoisotopic (exact) mass is 188 g/mol. The van der Waals surface area contributed by atoms with Crippen molar-refractivity contribution < 1.29 is 14.6 Å². The van der Waals surface area contributed by atoms with Crippen molar-refractivity contribution in [3.8, 4) is 0 Å². The maximum absolute atomic E-state index is 8.98. The van der Waals surface area contributed by atoms with Crippen molar-refractivity contribution in [2.24, 2.45) is 0 Å². The smallest absolute Gasteiger partial charge is 0.104 e. The van der Waals surface area contributed by atoms with Crippen LogP contribution in [-0.4, -0.2) is 37.6 Å². The van der Waals surface area contributed by atoms with Crippen LogP contribution >= 0.6 is 0 Å². The number of aliphatic hydroxyl groups excluding tert-OH is 1. The van der Waals surface area contributed by atoms with Crippen LogP contribution in [-0.2, 0) is 9.47 Å². The van der Waals surface area contributed by atoms with Crippen LogP contribution in [0, 0.1) is 0 Å². The Morgan fingerprint density at radius 3 is 2.54 bits per heavy atom. The minimum Gasteiger partial charge on any atom is -0.394 e. The molecule has 1 rings (SSSR count). The van der Waals surface area contributed by atoms with E-state index in [9.17, 15) is 0 Å². The van der Waals surface area contributed by atoms with E-state index in [4.69, 9.17) is 14.6 Å². The first kappa shape index (κ1) is 11.0. The summed E-state index contributed by atoms with van der Waals surface area (Å²) in [6.07, 6.45) is 6.34. The predicted molar refractivity (Wildman–Crippen MR) is 50.7 cm³/mol. The molecule has 1 N–H and O–H groups in total. The van der Waals surface area contributed by atoms with Gasteiger partial charge in [-0.1, -0.05) is 19.3 Å². The molecule has 0 aromatic rings. The molecule has 0 aromatic carbocycles. The molecule has 1 saturated carbocycles. The van der Waals surface area contributed by atoms with Gasteiger partial charge in [-0.15, -0.1) is 0 Å². The van der Waals surface area contributed by atoms with Gasteiger partial charge >= 0.3 is 0 Å². The first-order chi connectivity index (χ1) is 6.36. The van der Waals surface area contributed by atoms with Gasteiger partial charge in [0.05, 0.1) is 19.3 Å². The summed E-state index contributed by atoms with van der Waals surface area (Å²) in [6, 6.07) is 0. The molecule has 0 saturated heterocycles. The van der Waals surface area contributed by atoms with Crippen molar-refractivity contribution >= 4 is 0 Å². The Labute approximate surface area is 80.0 Å². The topological polar surface area (TPSA) is 38.7 Å². The lowest BCUT2D eigenvalue weighted by molar-refractivity contribution is -0.0809. The van der Waals surface area contributed by atoms with Gasteiger partial charge in [-0.2, -0.15) is 0 Å². The third kappa shape index (κ3) is 4.07. The van der Waals surface area contributed by atoms with Crippen LogP contribution in [0.25, 0.3) is 0 Å². The van der Waals surface area contributed by atoms with E-state index in [0.29, 0.717) is 12.7 Å². The van der Waals surface area contributed by atoms with Crippen LogP contribution in [0.5, 0.6) is 0 Å². The van der Waals surface area contributed by atoms with Crippen LogP contribution < -0.4 is 0 Å². The Balaban J connectivity index is 2.18. The molecule has 1 unspecified atom stereocenters. The van der Waals surface area contributed by atoms with E-state index in [1.165, 1.54) is 19.3 Å². The summed E-state index contributed by atoms with van der Waals surface area (Å²) in [5.41, 5.74) is 0. The summed E-state index contributed by atoms with van der Waals surface area (Å²) in [4.78, 5) is 0. The van der Waals surface area contributed by atoms with E-state index < -0.39 is 0 Å². The van der Waals surface area contributed by atoms with Gasteiger partial charge in [-0.25, -0.2) is 0 Å². The molecule has 78 valence electrons. The molecule has 0 aromatic heterocycles. The standard InChI is InChI=1S/C10H20O3/c1-12-8-10(7-11)13-9-5-3-2-4-6-9/h9-11H,2-8H2,1H3. The maximum atomic E-state index is 8.98. The zero-order chi connectivity index (χ0) is 9.52. The average Bonchev–Trinajstić information content (AvgIpc) is 2.19. The summed E-state index contributed by atoms with van der Waals surface area (Å²) in [5.74, 6) is 0. The Hall–Kier alpha value is -0.120. The quantitative estimate of drug-likeness (QED) is 0.707. The lowest BCUT2D eigenvalue weighted by Crippen LogP contribution is -2.30. The van der Waals surface area contributed by atoms with Gasteiger partial charge in [-0.05, 0) is 12.8 Å². The van der Waals surface area contributed by atoms with Gasteiger partial charge in [0.15, 0.2) is 0 Å². The summed E-state index contributed by atoms with van der Waals surface area (Å²) in [7, 11) is 1.63. The third-order valence-electron chi connectivity index (χ3n) is 2.49. The van der Waals surface area contributed by atoms with Crippen LogP contribution in [0.4, 0.5) is 0 Å². The number of hydrogen-bond acceptors (Lipinski definition) is 3. The predicted octanol–water partition coefficient (Wildman–Crippen LogP) is 1.34. The van der Waals surface area contributed by atoms with Crippen molar-refractivity contribution in [2.75, 3.05) is 20.3 Å². The van der Waals surface area contributed by atoms with Crippen LogP contribution in [0.3, 0.4) is 0 Å². The number of aliphatic hydroxyl groups is 1. The minimum absolute atomic E-state index is 0.0599. The molecule has 13 heavy (non-hydrogen) atoms. The van der Waals surface area contributed by atoms with E-state index in [2.05, 4.69) is 0 Å². The van der Waals surface area contributed by atoms with Gasteiger partial charge in [-0.3, -0.25) is 0 Å². The third-order valence-corrected chi connectivity index (χ3v) is 2.49. The van der Waals surface area contributed by atoms with E-state index in [1.54, 1.807) is 7.11 Å². The second kappa shape index (κ2) is 6.35. The van der Waals surface area contributed by atoms with E-state index >= 15 is 0 Å². The van der Waals surface area contributed by atoms with Crippen molar-refractivity contribution in [1.82, 2.24) is 0 Å². The lowest BCUT2D eigenvalue weighted by Gasteiger charge is -2.26. The molecule has 1 aliphatic rings. The minimum atomic E-state index is -0.131. The molecule has 1 fully saturated rings. The Morgan fingerprint density at radius 1 is 1.31 bits per heavy atom. The van der Waals surface area contributed by atoms with Crippen molar-refractivity contribution in [1.29, 1.82) is 0 Å². The average molecular weight is 188 g/mol. The van der Waals surface area contributed by atoms with Crippen molar-refractivity contribution in [3.05, 3.63) is 0 Å². The molecule has 3 heteroatoms. The summed E-state index contributed by atoms with van der Waals surface area (Å²) >= 11 is 0. The molecule has 0 spiro atoms. The van der Waals surface area contributed by atoms with E-state index in [-0.39, 0.29) is 12.7 Å². The summed E-state index contributed by atoms with van der Waals surface area (Å²) in [5, 5.41) is 8.98. The second-order valence-corrected chi connectivity index (χ2v) is 3.66. The Bertz CT molecular complexity index is 119. The van der Waals surface area contributed by atoms with Gasteiger partial charge in [0, 0.05) is 7.11 Å². The van der Waals surface area contributed by atoms with Crippen LogP contribution in [0.1, 0.15) is 32.1 Å². The zero-order valence-corrected chi connectivity index (χ0v) is 8.37. The zero-order valence-electron chi connectivity index (χ0n) is 8.37. The van der Waals surface area contributed by atoms with E-state index in [1.807, 2.05) is 0 Å². The van der Waals surface area contributed by atoms with Gasteiger partial charge in [0.1, 0.15) is 6.10 Å². The van der Waals surface area contributed by atoms with Gasteiger partial charge < -0.3 is 14.6 Å². The molecule has 0 radical (unpaired) electrons. The molecular formula is C10H20O3. The number of ether oxygens (including phenoxy) is 2. The molecule has 0 bridgehead atoms. The van der Waals surface area contributed by atoms with E-state index in [0.717, 1.165) is 12.8 Å². The molecule has 0 heterocycles. The summed E-state index contributed by atoms with van der Waals surface area (Å²) < 4.78 is 10.7. The Morgan fingerprint density at radius 2 is 2.00 bits per heavy atom. The molecule has 0 amide bonds. The van der Waals surface area contributed by atoms with Crippen LogP contribution in [0.15, 0.2) is 0 Å². The highest BCUT2D eigenvalue weighted by Crippen LogP contribution is 2.21. The number of hydrogen-bond donors (Lipinski definition) is 1. The molecule has 1 atom stereocenters. The summed E-state index contributed by atoms with van der Waals surface area (Å²) in [6.45, 7) is 0.553. The second-order valence-electron chi connectivity index (χ2n) is 3.66. The van der Waals surface area contributed by atoms with Gasteiger partial charge in [0.2, 0.25) is 0 Å². The fourth-order valence-electron chi connectivity index (χ4n) is 1.79. The molecular weight excluding hydrogens is 168 g/mol. The maximum Gasteiger partial charge on any atom is 0.104 e. The fourth-order valence-corrected chi connectivity index (χ4v) is 1.79. The molecule has 0 aliphatic heterocycles. The van der Waals surface area contributed by atoms with Crippen molar-refractivity contribution in [3.63, 3.8) is 0 Å². The van der Waals surface area contributed by atoms with Crippen LogP contribution in [0.2, 0.25) is 0 Å². The normalized spacial score (nSPS) is 21.7. The first-order valence-corrected chi connectivity index (χ1v) is 5.12. The fraction of sp³-hybridized carbons (Fsp3) is 1.00. The SMILES string of the molecule is COCC(CO)OC1CCCCC1. The van der Waals surface area contributed by atoms with Crippen molar-refractivity contribution in [2.45, 2.75) is 44.3 Å². The molecule has 1 aliphatic carbocycles. The first-order valence-electron chi connectivity index (χ1n) is 5.12. The van der Waals surface area contributed by atoms with Gasteiger partial charge in [0.25, 0.3) is 0 Å². The number of rotatable bonds is 5.